The molecule has 1 N–H and O–H groups in total. The first kappa shape index (κ1) is 15.7. The number of carbonyl (C=O) groups is 1. The molecular formula is C14H17ClN2O4. The molecule has 0 bridgehead atoms. The van der Waals surface area contributed by atoms with Crippen molar-refractivity contribution in [1.29, 1.82) is 0 Å². The maximum Gasteiger partial charge on any atom is 0.300 e. The van der Waals surface area contributed by atoms with Crippen LogP contribution in [-0.4, -0.2) is 40.5 Å². The minimum Gasteiger partial charge on any atom is -0.396 e. The Hall–Kier alpha value is -1.66. The third-order valence-corrected chi connectivity index (χ3v) is 4.05. The normalized spacial score (nSPS) is 18.6. The van der Waals surface area contributed by atoms with Crippen molar-refractivity contribution in [1.82, 2.24) is 4.90 Å². The van der Waals surface area contributed by atoms with Gasteiger partial charge in [0.2, 0.25) is 0 Å². The summed E-state index contributed by atoms with van der Waals surface area (Å²) in [4.78, 5) is 24.6. The van der Waals surface area contributed by atoms with Crippen LogP contribution < -0.4 is 0 Å². The number of nitrogens with zero attached hydrogens (tertiary/aromatic N) is 2. The first-order chi connectivity index (χ1) is 10.0. The molecule has 0 aliphatic carbocycles. The van der Waals surface area contributed by atoms with Crippen molar-refractivity contribution in [3.8, 4) is 0 Å². The van der Waals surface area contributed by atoms with Crippen LogP contribution in [0.5, 0.6) is 0 Å². The number of para-hydroxylation sites is 1. The van der Waals surface area contributed by atoms with E-state index >= 15 is 0 Å². The third kappa shape index (κ3) is 3.51. The predicted molar refractivity (Wildman–Crippen MR) is 78.4 cm³/mol. The van der Waals surface area contributed by atoms with Gasteiger partial charge in [0.15, 0.2) is 0 Å². The van der Waals surface area contributed by atoms with Crippen LogP contribution in [0.4, 0.5) is 5.69 Å². The number of benzene rings is 1. The topological polar surface area (TPSA) is 83.7 Å². The number of hydrogen-bond acceptors (Lipinski definition) is 4. The van der Waals surface area contributed by atoms with Gasteiger partial charge in [-0.05, 0) is 37.3 Å². The number of rotatable bonds is 4. The monoisotopic (exact) mass is 312 g/mol. The summed E-state index contributed by atoms with van der Waals surface area (Å²) in [6.07, 6.45) is 2.44. The molecule has 1 aliphatic heterocycles. The van der Waals surface area contributed by atoms with E-state index in [4.69, 9.17) is 16.7 Å². The van der Waals surface area contributed by atoms with Crippen LogP contribution in [-0.2, 0) is 0 Å². The first-order valence-electron chi connectivity index (χ1n) is 6.87. The number of likely N-dealkylation sites (tertiary alicyclic amines) is 1. The predicted octanol–water partition coefficient (Wildman–Crippen LogP) is 2.48. The Labute approximate surface area is 127 Å². The molecule has 1 heterocycles. The van der Waals surface area contributed by atoms with Crippen LogP contribution in [0.25, 0.3) is 0 Å². The van der Waals surface area contributed by atoms with E-state index in [0.717, 1.165) is 12.8 Å². The quantitative estimate of drug-likeness (QED) is 0.684. The summed E-state index contributed by atoms with van der Waals surface area (Å²) in [6, 6.07) is 4.38. The molecule has 114 valence electrons. The molecule has 1 aromatic rings. The highest BCUT2D eigenvalue weighted by atomic mass is 35.5. The van der Waals surface area contributed by atoms with E-state index in [9.17, 15) is 14.9 Å². The lowest BCUT2D eigenvalue weighted by Gasteiger charge is -2.32. The first-order valence-corrected chi connectivity index (χ1v) is 7.25. The summed E-state index contributed by atoms with van der Waals surface area (Å²) >= 11 is 5.84. The smallest absolute Gasteiger partial charge is 0.300 e. The Balaban J connectivity index is 2.24. The van der Waals surface area contributed by atoms with Gasteiger partial charge < -0.3 is 10.0 Å². The third-order valence-electron chi connectivity index (χ3n) is 3.74. The largest absolute Gasteiger partial charge is 0.396 e. The fourth-order valence-electron chi connectivity index (χ4n) is 2.71. The molecule has 6 nitrogen and oxygen atoms in total. The number of amides is 1. The lowest BCUT2D eigenvalue weighted by atomic mass is 9.94. The second-order valence-corrected chi connectivity index (χ2v) is 5.57. The van der Waals surface area contributed by atoms with Gasteiger partial charge in [0, 0.05) is 19.7 Å². The molecule has 0 radical (unpaired) electrons. The van der Waals surface area contributed by atoms with Gasteiger partial charge >= 0.3 is 5.69 Å². The van der Waals surface area contributed by atoms with Crippen LogP contribution in [0.15, 0.2) is 18.2 Å². The van der Waals surface area contributed by atoms with Crippen LogP contribution >= 0.6 is 11.6 Å². The van der Waals surface area contributed by atoms with Crippen LogP contribution in [0.2, 0.25) is 5.02 Å². The maximum absolute atomic E-state index is 12.5. The Bertz CT molecular complexity index is 548. The number of aliphatic hydroxyl groups is 1. The zero-order valence-electron chi connectivity index (χ0n) is 11.5. The van der Waals surface area contributed by atoms with Crippen molar-refractivity contribution in [3.63, 3.8) is 0 Å². The lowest BCUT2D eigenvalue weighted by molar-refractivity contribution is -0.385. The summed E-state index contributed by atoms with van der Waals surface area (Å²) in [6.45, 7) is 1.18. The van der Waals surface area contributed by atoms with Gasteiger partial charge in [0.25, 0.3) is 5.91 Å². The van der Waals surface area contributed by atoms with Crippen molar-refractivity contribution in [2.24, 2.45) is 5.92 Å². The van der Waals surface area contributed by atoms with Crippen LogP contribution in [0.1, 0.15) is 29.6 Å². The maximum atomic E-state index is 12.5. The number of nitro benzene ring substituents is 1. The number of carbonyl (C=O) groups excluding carboxylic acids is 1. The van der Waals surface area contributed by atoms with Gasteiger partial charge in [-0.3, -0.25) is 14.9 Å². The Morgan fingerprint density at radius 2 is 2.29 bits per heavy atom. The average Bonchev–Trinajstić information content (AvgIpc) is 2.46. The molecule has 7 heteroatoms. The van der Waals surface area contributed by atoms with Gasteiger partial charge in [-0.15, -0.1) is 0 Å². The van der Waals surface area contributed by atoms with Gasteiger partial charge in [-0.2, -0.15) is 0 Å². The molecule has 1 fully saturated rings. The van der Waals surface area contributed by atoms with E-state index in [1.165, 1.54) is 18.2 Å². The molecule has 21 heavy (non-hydrogen) atoms. The summed E-state index contributed by atoms with van der Waals surface area (Å²) in [5.74, 6) is -0.127. The summed E-state index contributed by atoms with van der Waals surface area (Å²) in [7, 11) is 0. The Morgan fingerprint density at radius 1 is 1.52 bits per heavy atom. The Kier molecular flexibility index (Phi) is 5.14. The van der Waals surface area contributed by atoms with Crippen molar-refractivity contribution in [2.45, 2.75) is 19.3 Å². The Morgan fingerprint density at radius 3 is 2.95 bits per heavy atom. The fourth-order valence-corrected chi connectivity index (χ4v) is 2.96. The highest BCUT2D eigenvalue weighted by Crippen LogP contribution is 2.30. The molecule has 1 aliphatic rings. The van der Waals surface area contributed by atoms with Gasteiger partial charge in [0.05, 0.1) is 4.92 Å². The summed E-state index contributed by atoms with van der Waals surface area (Å²) < 4.78 is 0. The minimum atomic E-state index is -0.620. The molecular weight excluding hydrogens is 296 g/mol. The molecule has 1 saturated heterocycles. The zero-order valence-corrected chi connectivity index (χ0v) is 12.3. The fraction of sp³-hybridized carbons (Fsp3) is 0.500. The average molecular weight is 313 g/mol. The van der Waals surface area contributed by atoms with Gasteiger partial charge in [0.1, 0.15) is 10.6 Å². The SMILES string of the molecule is O=C(c1cccc(Cl)c1[N+](=O)[O-])N1CCCC(CCO)C1. The van der Waals surface area contributed by atoms with E-state index in [0.29, 0.717) is 19.5 Å². The second kappa shape index (κ2) is 6.87. The van der Waals surface area contributed by atoms with Crippen LogP contribution in [0.3, 0.4) is 0 Å². The number of aliphatic hydroxyl groups excluding tert-OH is 1. The standard InChI is InChI=1S/C14H17ClN2O4/c15-12-5-1-4-11(13(12)17(20)21)14(19)16-7-2-3-10(9-16)6-8-18/h1,4-5,10,18H,2-3,6-9H2. The van der Waals surface area contributed by atoms with E-state index in [2.05, 4.69) is 0 Å². The number of nitro groups is 1. The molecule has 1 unspecified atom stereocenters. The second-order valence-electron chi connectivity index (χ2n) is 5.16. The molecule has 2 rings (SSSR count). The number of piperidine rings is 1. The molecule has 0 spiro atoms. The zero-order chi connectivity index (χ0) is 15.4. The van der Waals surface area contributed by atoms with Gasteiger partial charge in [-0.1, -0.05) is 17.7 Å². The van der Waals surface area contributed by atoms with Crippen molar-refractivity contribution >= 4 is 23.2 Å². The lowest BCUT2D eigenvalue weighted by Crippen LogP contribution is -2.40. The van der Waals surface area contributed by atoms with Gasteiger partial charge in [-0.25, -0.2) is 0 Å². The van der Waals surface area contributed by atoms with Crippen LogP contribution in [0, 0.1) is 16.0 Å². The molecule has 1 aromatic carbocycles. The van der Waals surface area contributed by atoms with E-state index in [1.807, 2.05) is 0 Å². The van der Waals surface area contributed by atoms with E-state index in [-0.39, 0.29) is 34.7 Å². The number of hydrogen-bond donors (Lipinski definition) is 1. The van der Waals surface area contributed by atoms with E-state index < -0.39 is 4.92 Å². The number of halogens is 1. The van der Waals surface area contributed by atoms with E-state index in [1.54, 1.807) is 4.90 Å². The molecule has 1 amide bonds. The molecule has 1 atom stereocenters. The highest BCUT2D eigenvalue weighted by molar-refractivity contribution is 6.33. The molecule has 0 aromatic heterocycles. The molecule has 0 saturated carbocycles. The highest BCUT2D eigenvalue weighted by Gasteiger charge is 2.30. The van der Waals surface area contributed by atoms with Crippen molar-refractivity contribution < 1.29 is 14.8 Å². The van der Waals surface area contributed by atoms with Crippen molar-refractivity contribution in [2.75, 3.05) is 19.7 Å². The minimum absolute atomic E-state index is 0.0251. The summed E-state index contributed by atoms with van der Waals surface area (Å²) in [5, 5.41) is 20.1. The van der Waals surface area contributed by atoms with Crippen molar-refractivity contribution in [3.05, 3.63) is 38.9 Å². The summed E-state index contributed by atoms with van der Waals surface area (Å²) in [5.41, 5.74) is -0.314.